The fraction of sp³-hybridized carbons (Fsp3) is 0.368. The molecule has 1 saturated heterocycles. The summed E-state index contributed by atoms with van der Waals surface area (Å²) in [7, 11) is 0. The second-order valence-electron chi connectivity index (χ2n) is 6.35. The second kappa shape index (κ2) is 7.36. The SMILES string of the molecule is CSc1ncnn2c(C3(O)CC[C@@H](COCc4ccccc4)O3)ccc12. The quantitative estimate of drug-likeness (QED) is 0.672. The summed E-state index contributed by atoms with van der Waals surface area (Å²) in [5.41, 5.74) is 2.63. The summed E-state index contributed by atoms with van der Waals surface area (Å²) >= 11 is 1.55. The van der Waals surface area contributed by atoms with Gasteiger partial charge in [-0.1, -0.05) is 30.3 Å². The van der Waals surface area contributed by atoms with E-state index in [1.807, 2.05) is 48.7 Å². The number of benzene rings is 1. The van der Waals surface area contributed by atoms with Gasteiger partial charge in [-0.05, 0) is 30.4 Å². The summed E-state index contributed by atoms with van der Waals surface area (Å²) in [6.45, 7) is 0.989. The Balaban J connectivity index is 1.44. The summed E-state index contributed by atoms with van der Waals surface area (Å²) in [6.07, 6.45) is 4.57. The van der Waals surface area contributed by atoms with E-state index in [1.54, 1.807) is 16.3 Å². The van der Waals surface area contributed by atoms with Crippen LogP contribution in [0.1, 0.15) is 24.1 Å². The largest absolute Gasteiger partial charge is 0.374 e. The summed E-state index contributed by atoms with van der Waals surface area (Å²) < 4.78 is 13.4. The number of ether oxygens (including phenoxy) is 2. The molecule has 1 aliphatic heterocycles. The van der Waals surface area contributed by atoms with Gasteiger partial charge >= 0.3 is 0 Å². The van der Waals surface area contributed by atoms with E-state index in [-0.39, 0.29) is 6.10 Å². The Kier molecular flexibility index (Phi) is 4.95. The number of hydrogen-bond acceptors (Lipinski definition) is 6. The van der Waals surface area contributed by atoms with Crippen LogP contribution >= 0.6 is 11.8 Å². The monoisotopic (exact) mass is 371 g/mol. The standard InChI is InChI=1S/C19H21N3O3S/c1-26-18-16-7-8-17(22(16)21-13-20-18)19(23)10-9-15(25-19)12-24-11-14-5-3-2-4-6-14/h2-8,13,15,23H,9-12H2,1H3/t15-,19?/m0/s1. The molecular formula is C19H21N3O3S. The normalized spacial score (nSPS) is 22.9. The molecule has 3 heterocycles. The van der Waals surface area contributed by atoms with Crippen LogP contribution < -0.4 is 0 Å². The third-order valence-corrected chi connectivity index (χ3v) is 5.29. The molecular weight excluding hydrogens is 350 g/mol. The lowest BCUT2D eigenvalue weighted by atomic mass is 10.1. The highest BCUT2D eigenvalue weighted by Gasteiger charge is 2.42. The molecule has 6 nitrogen and oxygen atoms in total. The van der Waals surface area contributed by atoms with Crippen molar-refractivity contribution < 1.29 is 14.6 Å². The van der Waals surface area contributed by atoms with E-state index >= 15 is 0 Å². The lowest BCUT2D eigenvalue weighted by Gasteiger charge is -2.23. The molecule has 4 rings (SSSR count). The molecule has 1 N–H and O–H groups in total. The van der Waals surface area contributed by atoms with Gasteiger partial charge in [0, 0.05) is 6.42 Å². The minimum Gasteiger partial charge on any atom is -0.374 e. The van der Waals surface area contributed by atoms with Crippen molar-refractivity contribution in [2.75, 3.05) is 12.9 Å². The molecule has 0 bridgehead atoms. The fourth-order valence-corrected chi connectivity index (χ4v) is 3.82. The van der Waals surface area contributed by atoms with Crippen molar-refractivity contribution in [1.82, 2.24) is 14.6 Å². The van der Waals surface area contributed by atoms with Gasteiger partial charge in [-0.25, -0.2) is 9.50 Å². The van der Waals surface area contributed by atoms with E-state index in [0.717, 1.165) is 22.5 Å². The molecule has 2 aromatic heterocycles. The van der Waals surface area contributed by atoms with Crippen molar-refractivity contribution in [2.24, 2.45) is 0 Å². The van der Waals surface area contributed by atoms with Crippen LogP contribution in [0.15, 0.2) is 53.8 Å². The van der Waals surface area contributed by atoms with Crippen LogP contribution in [0, 0.1) is 0 Å². The van der Waals surface area contributed by atoms with Crippen molar-refractivity contribution in [3.05, 3.63) is 60.0 Å². The van der Waals surface area contributed by atoms with E-state index < -0.39 is 5.79 Å². The molecule has 0 amide bonds. The Morgan fingerprint density at radius 1 is 1.31 bits per heavy atom. The van der Waals surface area contributed by atoms with Gasteiger partial charge in [0.2, 0.25) is 5.79 Å². The topological polar surface area (TPSA) is 68.9 Å². The summed E-state index contributed by atoms with van der Waals surface area (Å²) in [6, 6.07) is 13.8. The van der Waals surface area contributed by atoms with Crippen LogP contribution in [0.4, 0.5) is 0 Å². The van der Waals surface area contributed by atoms with Crippen molar-refractivity contribution in [3.63, 3.8) is 0 Å². The van der Waals surface area contributed by atoms with Gasteiger partial charge in [-0.3, -0.25) is 0 Å². The molecule has 0 aliphatic carbocycles. The van der Waals surface area contributed by atoms with Crippen LogP contribution in [0.3, 0.4) is 0 Å². The second-order valence-corrected chi connectivity index (χ2v) is 7.14. The van der Waals surface area contributed by atoms with Crippen LogP contribution in [0.2, 0.25) is 0 Å². The van der Waals surface area contributed by atoms with Crippen molar-refractivity contribution >= 4 is 17.3 Å². The zero-order valence-corrected chi connectivity index (χ0v) is 15.4. The van der Waals surface area contributed by atoms with Gasteiger partial charge in [0.05, 0.1) is 24.8 Å². The maximum absolute atomic E-state index is 11.0. The lowest BCUT2D eigenvalue weighted by molar-refractivity contribution is -0.211. The number of aliphatic hydroxyl groups is 1. The molecule has 1 aliphatic rings. The molecule has 1 unspecified atom stereocenters. The van der Waals surface area contributed by atoms with Gasteiger partial charge in [0.25, 0.3) is 0 Å². The molecule has 2 atom stereocenters. The fourth-order valence-electron chi connectivity index (χ4n) is 3.30. The molecule has 0 saturated carbocycles. The Bertz CT molecular complexity index is 886. The third kappa shape index (κ3) is 3.35. The molecule has 7 heteroatoms. The highest BCUT2D eigenvalue weighted by molar-refractivity contribution is 7.98. The first kappa shape index (κ1) is 17.5. The van der Waals surface area contributed by atoms with Crippen LogP contribution in [-0.4, -0.2) is 38.7 Å². The first-order valence-corrected chi connectivity index (χ1v) is 9.81. The van der Waals surface area contributed by atoms with Crippen LogP contribution in [0.25, 0.3) is 5.52 Å². The summed E-state index contributed by atoms with van der Waals surface area (Å²) in [4.78, 5) is 4.26. The Morgan fingerprint density at radius 2 is 2.15 bits per heavy atom. The Labute approximate surface area is 156 Å². The minimum atomic E-state index is -1.35. The molecule has 26 heavy (non-hydrogen) atoms. The lowest BCUT2D eigenvalue weighted by Crippen LogP contribution is -2.29. The average molecular weight is 371 g/mol. The maximum Gasteiger partial charge on any atom is 0.210 e. The number of thioether (sulfide) groups is 1. The van der Waals surface area contributed by atoms with Gasteiger partial charge in [0.15, 0.2) is 0 Å². The first-order valence-electron chi connectivity index (χ1n) is 8.59. The van der Waals surface area contributed by atoms with Gasteiger partial charge in [-0.2, -0.15) is 5.10 Å². The number of rotatable bonds is 6. The van der Waals surface area contributed by atoms with E-state index in [2.05, 4.69) is 10.1 Å². The van der Waals surface area contributed by atoms with E-state index in [9.17, 15) is 5.11 Å². The number of hydrogen-bond donors (Lipinski definition) is 1. The smallest absolute Gasteiger partial charge is 0.210 e. The molecule has 1 aromatic carbocycles. The highest BCUT2D eigenvalue weighted by Crippen LogP contribution is 2.38. The first-order chi connectivity index (χ1) is 12.7. The molecule has 1 fully saturated rings. The summed E-state index contributed by atoms with van der Waals surface area (Å²) in [5, 5.41) is 16.2. The van der Waals surface area contributed by atoms with Gasteiger partial charge < -0.3 is 14.6 Å². The molecule has 0 radical (unpaired) electrons. The van der Waals surface area contributed by atoms with Gasteiger partial charge in [0.1, 0.15) is 17.0 Å². The highest BCUT2D eigenvalue weighted by atomic mass is 32.2. The zero-order valence-electron chi connectivity index (χ0n) is 14.5. The van der Waals surface area contributed by atoms with Gasteiger partial charge in [-0.15, -0.1) is 11.8 Å². The molecule has 136 valence electrons. The van der Waals surface area contributed by atoms with Crippen molar-refractivity contribution in [1.29, 1.82) is 0 Å². The Hall–Kier alpha value is -1.93. The zero-order chi connectivity index (χ0) is 18.0. The van der Waals surface area contributed by atoms with E-state index in [4.69, 9.17) is 9.47 Å². The van der Waals surface area contributed by atoms with E-state index in [0.29, 0.717) is 25.3 Å². The number of aromatic nitrogens is 3. The third-order valence-electron chi connectivity index (χ3n) is 4.59. The number of nitrogens with zero attached hydrogens (tertiary/aromatic N) is 3. The molecule has 3 aromatic rings. The van der Waals surface area contributed by atoms with Crippen LogP contribution in [0.5, 0.6) is 0 Å². The van der Waals surface area contributed by atoms with Crippen molar-refractivity contribution in [2.45, 2.75) is 36.4 Å². The predicted octanol–water partition coefficient (Wildman–Crippen LogP) is 2.99. The van der Waals surface area contributed by atoms with E-state index in [1.165, 1.54) is 6.33 Å². The molecule has 0 spiro atoms. The average Bonchev–Trinajstić information content (AvgIpc) is 3.27. The number of fused-ring (bicyclic) bond motifs is 1. The predicted molar refractivity (Wildman–Crippen MR) is 98.9 cm³/mol. The maximum atomic E-state index is 11.0. The van der Waals surface area contributed by atoms with Crippen LogP contribution in [-0.2, 0) is 21.9 Å². The minimum absolute atomic E-state index is 0.142. The summed E-state index contributed by atoms with van der Waals surface area (Å²) in [5.74, 6) is -1.35. The Morgan fingerprint density at radius 3 is 2.96 bits per heavy atom. The van der Waals surface area contributed by atoms with Crippen molar-refractivity contribution in [3.8, 4) is 0 Å².